The van der Waals surface area contributed by atoms with Gasteiger partial charge in [0.25, 0.3) is 5.91 Å². The zero-order chi connectivity index (χ0) is 15.5. The van der Waals surface area contributed by atoms with Crippen molar-refractivity contribution in [2.45, 2.75) is 26.4 Å². The summed E-state index contributed by atoms with van der Waals surface area (Å²) >= 11 is 1.58. The van der Waals surface area contributed by atoms with E-state index in [1.807, 2.05) is 36.4 Å². The molecule has 1 fully saturated rings. The van der Waals surface area contributed by atoms with Crippen molar-refractivity contribution in [1.82, 2.24) is 14.8 Å². The van der Waals surface area contributed by atoms with Crippen LogP contribution in [0.5, 0.6) is 0 Å². The van der Waals surface area contributed by atoms with Gasteiger partial charge in [-0.25, -0.2) is 0 Å². The largest absolute Gasteiger partial charge is 0.335 e. The van der Waals surface area contributed by atoms with Gasteiger partial charge in [-0.2, -0.15) is 0 Å². The van der Waals surface area contributed by atoms with Crippen LogP contribution >= 0.6 is 11.3 Å². The van der Waals surface area contributed by atoms with Gasteiger partial charge in [-0.05, 0) is 43.3 Å². The molecule has 3 heterocycles. The first-order chi connectivity index (χ1) is 10.7. The maximum atomic E-state index is 12.4. The molecule has 22 heavy (non-hydrogen) atoms. The summed E-state index contributed by atoms with van der Waals surface area (Å²) in [4.78, 5) is 22.8. The van der Waals surface area contributed by atoms with Crippen LogP contribution in [0.15, 0.2) is 36.7 Å². The molecule has 3 rings (SSSR count). The standard InChI is InChI=1S/C17H21N3OS/c1-3-19(10-14-6-8-18-9-7-14)15-11-20(12-15)17(21)16-5-4-13(2)22-16/h4-9,15H,3,10-12H2,1-2H3. The molecular formula is C17H21N3OS. The molecule has 0 radical (unpaired) electrons. The molecule has 0 bridgehead atoms. The van der Waals surface area contributed by atoms with Crippen molar-refractivity contribution >= 4 is 17.2 Å². The highest BCUT2D eigenvalue weighted by molar-refractivity contribution is 7.13. The van der Waals surface area contributed by atoms with Gasteiger partial charge >= 0.3 is 0 Å². The predicted molar refractivity (Wildman–Crippen MR) is 89.1 cm³/mol. The lowest BCUT2D eigenvalue weighted by Crippen LogP contribution is -2.60. The first-order valence-electron chi connectivity index (χ1n) is 7.66. The summed E-state index contributed by atoms with van der Waals surface area (Å²) in [6.45, 7) is 7.78. The number of amides is 1. The van der Waals surface area contributed by atoms with E-state index < -0.39 is 0 Å². The molecule has 2 aromatic rings. The normalized spacial score (nSPS) is 15.1. The van der Waals surface area contributed by atoms with Crippen LogP contribution in [0.3, 0.4) is 0 Å². The maximum absolute atomic E-state index is 12.4. The van der Waals surface area contributed by atoms with E-state index in [2.05, 4.69) is 28.9 Å². The van der Waals surface area contributed by atoms with Gasteiger partial charge in [0.15, 0.2) is 0 Å². The molecule has 2 aromatic heterocycles. The second-order valence-electron chi connectivity index (χ2n) is 5.69. The second kappa shape index (κ2) is 6.58. The summed E-state index contributed by atoms with van der Waals surface area (Å²) in [5.74, 6) is 0.175. The minimum Gasteiger partial charge on any atom is -0.335 e. The molecule has 0 unspecified atom stereocenters. The van der Waals surface area contributed by atoms with E-state index in [-0.39, 0.29) is 5.91 Å². The maximum Gasteiger partial charge on any atom is 0.264 e. The van der Waals surface area contributed by atoms with Crippen LogP contribution in [-0.2, 0) is 6.54 Å². The molecule has 1 amide bonds. The topological polar surface area (TPSA) is 36.4 Å². The Hall–Kier alpha value is -1.72. The Bertz CT molecular complexity index is 634. The number of likely N-dealkylation sites (tertiary alicyclic amines) is 1. The molecule has 1 aliphatic rings. The van der Waals surface area contributed by atoms with E-state index in [0.29, 0.717) is 6.04 Å². The van der Waals surface area contributed by atoms with Crippen molar-refractivity contribution < 1.29 is 4.79 Å². The van der Waals surface area contributed by atoms with E-state index in [9.17, 15) is 4.79 Å². The summed E-state index contributed by atoms with van der Waals surface area (Å²) in [6.07, 6.45) is 3.66. The van der Waals surface area contributed by atoms with Gasteiger partial charge in [-0.3, -0.25) is 14.7 Å². The third kappa shape index (κ3) is 3.20. The van der Waals surface area contributed by atoms with Crippen molar-refractivity contribution in [3.05, 3.63) is 52.0 Å². The van der Waals surface area contributed by atoms with E-state index in [1.165, 1.54) is 10.4 Å². The van der Waals surface area contributed by atoms with Crippen molar-refractivity contribution in [2.75, 3.05) is 19.6 Å². The highest BCUT2D eigenvalue weighted by atomic mass is 32.1. The fourth-order valence-electron chi connectivity index (χ4n) is 2.78. The number of thiophene rings is 1. The fraction of sp³-hybridized carbons (Fsp3) is 0.412. The van der Waals surface area contributed by atoms with E-state index in [0.717, 1.165) is 31.1 Å². The van der Waals surface area contributed by atoms with Gasteiger partial charge in [0, 0.05) is 42.9 Å². The molecule has 5 heteroatoms. The van der Waals surface area contributed by atoms with Crippen LogP contribution in [0.2, 0.25) is 0 Å². The predicted octanol–water partition coefficient (Wildman–Crippen LogP) is 2.80. The third-order valence-corrected chi connectivity index (χ3v) is 5.15. The van der Waals surface area contributed by atoms with E-state index >= 15 is 0 Å². The van der Waals surface area contributed by atoms with Crippen LogP contribution in [0.25, 0.3) is 0 Å². The Morgan fingerprint density at radius 3 is 2.64 bits per heavy atom. The molecular weight excluding hydrogens is 294 g/mol. The number of carbonyl (C=O) groups excluding carboxylic acids is 1. The highest BCUT2D eigenvalue weighted by Crippen LogP contribution is 2.23. The Kier molecular flexibility index (Phi) is 4.55. The number of aromatic nitrogens is 1. The lowest BCUT2D eigenvalue weighted by atomic mass is 10.1. The smallest absolute Gasteiger partial charge is 0.264 e. The van der Waals surface area contributed by atoms with Crippen LogP contribution in [0.1, 0.15) is 27.0 Å². The Morgan fingerprint density at radius 2 is 2.05 bits per heavy atom. The summed E-state index contributed by atoms with van der Waals surface area (Å²) in [6, 6.07) is 8.52. The summed E-state index contributed by atoms with van der Waals surface area (Å²) in [5, 5.41) is 0. The molecule has 0 spiro atoms. The lowest BCUT2D eigenvalue weighted by molar-refractivity contribution is 0.0258. The van der Waals surface area contributed by atoms with Crippen molar-refractivity contribution in [1.29, 1.82) is 0 Å². The Morgan fingerprint density at radius 1 is 1.32 bits per heavy atom. The van der Waals surface area contributed by atoms with Crippen LogP contribution < -0.4 is 0 Å². The summed E-state index contributed by atoms with van der Waals surface area (Å²) in [5.41, 5.74) is 1.27. The monoisotopic (exact) mass is 315 g/mol. The average molecular weight is 315 g/mol. The van der Waals surface area contributed by atoms with Crippen molar-refractivity contribution in [3.63, 3.8) is 0 Å². The van der Waals surface area contributed by atoms with Gasteiger partial charge in [0.1, 0.15) is 0 Å². The third-order valence-electron chi connectivity index (χ3n) is 4.16. The lowest BCUT2D eigenvalue weighted by Gasteiger charge is -2.45. The number of aryl methyl sites for hydroxylation is 1. The van der Waals surface area contributed by atoms with Crippen LogP contribution in [-0.4, -0.2) is 46.4 Å². The number of hydrogen-bond acceptors (Lipinski definition) is 4. The Balaban J connectivity index is 1.56. The first kappa shape index (κ1) is 15.2. The minimum atomic E-state index is 0.175. The van der Waals surface area contributed by atoms with Gasteiger partial charge < -0.3 is 4.90 Å². The SMILES string of the molecule is CCN(Cc1ccncc1)C1CN(C(=O)c2ccc(C)s2)C1. The second-order valence-corrected chi connectivity index (χ2v) is 6.98. The summed E-state index contributed by atoms with van der Waals surface area (Å²) in [7, 11) is 0. The number of carbonyl (C=O) groups is 1. The first-order valence-corrected chi connectivity index (χ1v) is 8.47. The zero-order valence-electron chi connectivity index (χ0n) is 13.0. The molecule has 4 nitrogen and oxygen atoms in total. The number of likely N-dealkylation sites (N-methyl/N-ethyl adjacent to an activating group) is 1. The fourth-order valence-corrected chi connectivity index (χ4v) is 3.61. The number of rotatable bonds is 5. The van der Waals surface area contributed by atoms with Crippen LogP contribution in [0.4, 0.5) is 0 Å². The van der Waals surface area contributed by atoms with E-state index in [4.69, 9.17) is 0 Å². The van der Waals surface area contributed by atoms with Gasteiger partial charge in [-0.1, -0.05) is 6.92 Å². The van der Waals surface area contributed by atoms with Gasteiger partial charge in [0.05, 0.1) is 4.88 Å². The molecule has 0 aromatic carbocycles. The molecule has 0 atom stereocenters. The number of hydrogen-bond donors (Lipinski definition) is 0. The average Bonchev–Trinajstić information content (AvgIpc) is 2.92. The summed E-state index contributed by atoms with van der Waals surface area (Å²) < 4.78 is 0. The molecule has 0 saturated carbocycles. The van der Waals surface area contributed by atoms with Crippen molar-refractivity contribution in [3.8, 4) is 0 Å². The minimum absolute atomic E-state index is 0.175. The molecule has 0 N–H and O–H groups in total. The van der Waals surface area contributed by atoms with Crippen LogP contribution in [0, 0.1) is 6.92 Å². The molecule has 1 aliphatic heterocycles. The van der Waals surface area contributed by atoms with Gasteiger partial charge in [-0.15, -0.1) is 11.3 Å². The zero-order valence-corrected chi connectivity index (χ0v) is 13.8. The van der Waals surface area contributed by atoms with Crippen molar-refractivity contribution in [2.24, 2.45) is 0 Å². The highest BCUT2D eigenvalue weighted by Gasteiger charge is 2.34. The van der Waals surface area contributed by atoms with Gasteiger partial charge in [0.2, 0.25) is 0 Å². The Labute approximate surface area is 135 Å². The number of pyridine rings is 1. The molecule has 1 saturated heterocycles. The quantitative estimate of drug-likeness (QED) is 0.851. The van der Waals surface area contributed by atoms with E-state index in [1.54, 1.807) is 11.3 Å². The molecule has 116 valence electrons. The number of nitrogens with zero attached hydrogens (tertiary/aromatic N) is 3. The molecule has 0 aliphatic carbocycles.